The van der Waals surface area contributed by atoms with Crippen LogP contribution >= 0.6 is 11.8 Å². The van der Waals surface area contributed by atoms with Crippen molar-refractivity contribution in [3.8, 4) is 0 Å². The summed E-state index contributed by atoms with van der Waals surface area (Å²) in [5.41, 5.74) is 4.19. The van der Waals surface area contributed by atoms with Gasteiger partial charge in [0.1, 0.15) is 23.7 Å². The van der Waals surface area contributed by atoms with E-state index in [1.54, 1.807) is 23.9 Å². The van der Waals surface area contributed by atoms with Crippen molar-refractivity contribution in [3.05, 3.63) is 143 Å². The van der Waals surface area contributed by atoms with Crippen LogP contribution < -0.4 is 0 Å². The molecule has 0 radical (unpaired) electrons. The summed E-state index contributed by atoms with van der Waals surface area (Å²) in [7, 11) is 0. The summed E-state index contributed by atoms with van der Waals surface area (Å²) in [6.45, 7) is 5.46. The molecule has 0 amide bonds. The smallest absolute Gasteiger partial charge is 0.338 e. The molecule has 5 rings (SSSR count). The van der Waals surface area contributed by atoms with Gasteiger partial charge < -0.3 is 23.7 Å². The zero-order valence-electron chi connectivity index (χ0n) is 25.2. The summed E-state index contributed by atoms with van der Waals surface area (Å²) in [5.74, 6) is 0.344. The number of esters is 1. The lowest BCUT2D eigenvalue weighted by molar-refractivity contribution is -0.242. The summed E-state index contributed by atoms with van der Waals surface area (Å²) in [5, 5.41) is 0. The molecule has 0 aliphatic carbocycles. The maximum absolute atomic E-state index is 13.5. The van der Waals surface area contributed by atoms with Crippen molar-refractivity contribution in [1.29, 1.82) is 0 Å². The van der Waals surface area contributed by atoms with Gasteiger partial charge in [-0.05, 0) is 41.5 Å². The van der Waals surface area contributed by atoms with Gasteiger partial charge in [0.15, 0.2) is 6.10 Å². The van der Waals surface area contributed by atoms with Crippen LogP contribution in [0.25, 0.3) is 0 Å². The van der Waals surface area contributed by atoms with Gasteiger partial charge in [-0.25, -0.2) is 4.79 Å². The molecular weight excluding hydrogens is 572 g/mol. The van der Waals surface area contributed by atoms with Crippen LogP contribution in [0.1, 0.15) is 39.5 Å². The third-order valence-electron chi connectivity index (χ3n) is 7.42. The van der Waals surface area contributed by atoms with E-state index in [1.165, 1.54) is 0 Å². The Kier molecular flexibility index (Phi) is 12.0. The molecule has 5 atom stereocenters. The molecule has 4 aromatic rings. The second-order valence-corrected chi connectivity index (χ2v) is 12.1. The Hall–Kier alpha value is -3.46. The number of benzene rings is 4. The fourth-order valence-electron chi connectivity index (χ4n) is 5.11. The van der Waals surface area contributed by atoms with Gasteiger partial charge in [-0.1, -0.05) is 116 Å². The number of hydrogen-bond donors (Lipinski definition) is 0. The van der Waals surface area contributed by atoms with Gasteiger partial charge in [-0.2, -0.15) is 0 Å². The lowest BCUT2D eigenvalue weighted by atomic mass is 9.98. The monoisotopic (exact) mass is 612 g/mol. The van der Waals surface area contributed by atoms with Crippen LogP contribution in [0.5, 0.6) is 0 Å². The molecule has 1 aliphatic heterocycles. The van der Waals surface area contributed by atoms with Gasteiger partial charge in [0.05, 0.1) is 32.0 Å². The van der Waals surface area contributed by atoms with Crippen LogP contribution in [0, 0.1) is 6.92 Å². The number of rotatable bonds is 14. The first kappa shape index (κ1) is 31.9. The van der Waals surface area contributed by atoms with E-state index in [0.29, 0.717) is 32.0 Å². The molecule has 230 valence electrons. The van der Waals surface area contributed by atoms with E-state index >= 15 is 0 Å². The molecule has 0 spiro atoms. The number of aryl methyl sites for hydroxylation is 1. The Bertz CT molecular complexity index is 1400. The highest BCUT2D eigenvalue weighted by Gasteiger charge is 2.50. The van der Waals surface area contributed by atoms with Crippen molar-refractivity contribution in [3.63, 3.8) is 0 Å². The van der Waals surface area contributed by atoms with E-state index < -0.39 is 35.8 Å². The fourth-order valence-corrected chi connectivity index (χ4v) is 6.06. The number of carbonyl (C=O) groups excluding carboxylic acids is 1. The van der Waals surface area contributed by atoms with Crippen molar-refractivity contribution < 1.29 is 28.5 Å². The van der Waals surface area contributed by atoms with Crippen molar-refractivity contribution in [2.75, 3.05) is 12.4 Å². The van der Waals surface area contributed by atoms with Crippen LogP contribution in [0.2, 0.25) is 0 Å². The molecule has 7 heteroatoms. The minimum absolute atomic E-state index is 0.291. The van der Waals surface area contributed by atoms with Crippen molar-refractivity contribution in [1.82, 2.24) is 0 Å². The average molecular weight is 613 g/mol. The third kappa shape index (κ3) is 9.03. The van der Waals surface area contributed by atoms with E-state index in [1.807, 2.05) is 110 Å². The molecule has 0 saturated carbocycles. The van der Waals surface area contributed by atoms with Crippen molar-refractivity contribution >= 4 is 17.7 Å². The van der Waals surface area contributed by atoms with Gasteiger partial charge in [0, 0.05) is 0 Å². The highest BCUT2D eigenvalue weighted by atomic mass is 32.2. The predicted molar refractivity (Wildman–Crippen MR) is 173 cm³/mol. The Balaban J connectivity index is 1.43. The lowest BCUT2D eigenvalue weighted by Crippen LogP contribution is -2.60. The standard InChI is InChI=1S/C37H40O6S/c1-3-44-37-35(43-36(38)31-21-19-27(2)20-22-31)34(41-25-30-17-11-6-12-18-30)33(40-24-29-15-9-5-10-16-29)32(42-37)26-39-23-28-13-7-4-8-14-28/h4-22,32-35,37H,3,23-26H2,1-2H3/t32-,33-,34+,35+,37-/m1/s1. The van der Waals surface area contributed by atoms with Crippen molar-refractivity contribution in [2.45, 2.75) is 63.5 Å². The minimum Gasteiger partial charge on any atom is -0.452 e. The van der Waals surface area contributed by atoms with Crippen LogP contribution in [0.3, 0.4) is 0 Å². The molecule has 6 nitrogen and oxygen atoms in total. The maximum atomic E-state index is 13.5. The highest BCUT2D eigenvalue weighted by molar-refractivity contribution is 7.99. The van der Waals surface area contributed by atoms with Gasteiger partial charge in [0.2, 0.25) is 0 Å². The maximum Gasteiger partial charge on any atom is 0.338 e. The van der Waals surface area contributed by atoms with E-state index in [0.717, 1.165) is 28.0 Å². The second kappa shape index (κ2) is 16.6. The highest BCUT2D eigenvalue weighted by Crippen LogP contribution is 2.35. The number of thioether (sulfide) groups is 1. The summed E-state index contributed by atoms with van der Waals surface area (Å²) in [6.07, 6.45) is -2.36. The van der Waals surface area contributed by atoms with Crippen LogP contribution in [0.4, 0.5) is 0 Å². The van der Waals surface area contributed by atoms with Gasteiger partial charge in [0.25, 0.3) is 0 Å². The van der Waals surface area contributed by atoms with E-state index in [-0.39, 0.29) is 0 Å². The Morgan fingerprint density at radius 1 is 0.682 bits per heavy atom. The Morgan fingerprint density at radius 2 is 1.20 bits per heavy atom. The molecule has 44 heavy (non-hydrogen) atoms. The van der Waals surface area contributed by atoms with Crippen LogP contribution in [0.15, 0.2) is 115 Å². The predicted octanol–water partition coefficient (Wildman–Crippen LogP) is 7.39. The first-order chi connectivity index (χ1) is 21.6. The zero-order chi connectivity index (χ0) is 30.6. The van der Waals surface area contributed by atoms with E-state index in [4.69, 9.17) is 23.7 Å². The van der Waals surface area contributed by atoms with Crippen LogP contribution in [-0.2, 0) is 43.5 Å². The minimum atomic E-state index is -0.719. The first-order valence-electron chi connectivity index (χ1n) is 15.1. The SMILES string of the molecule is CCS[C@H]1O[C@H](COCc2ccccc2)[C@@H](OCc2ccccc2)[C@H](OCc2ccccc2)[C@@H]1OC(=O)c1ccc(C)cc1. The lowest BCUT2D eigenvalue weighted by Gasteiger charge is -2.45. The average Bonchev–Trinajstić information content (AvgIpc) is 3.06. The summed E-state index contributed by atoms with van der Waals surface area (Å²) >= 11 is 1.58. The molecule has 1 fully saturated rings. The quantitative estimate of drug-likeness (QED) is 0.138. The number of hydrogen-bond acceptors (Lipinski definition) is 7. The molecule has 0 aromatic heterocycles. The van der Waals surface area contributed by atoms with Crippen LogP contribution in [-0.4, -0.2) is 48.2 Å². The second-order valence-electron chi connectivity index (χ2n) is 10.8. The number of carbonyl (C=O) groups is 1. The molecule has 4 aromatic carbocycles. The third-order valence-corrected chi connectivity index (χ3v) is 8.46. The molecule has 1 saturated heterocycles. The molecule has 0 N–H and O–H groups in total. The van der Waals surface area contributed by atoms with Gasteiger partial charge >= 0.3 is 5.97 Å². The summed E-state index contributed by atoms with van der Waals surface area (Å²) in [4.78, 5) is 13.5. The van der Waals surface area contributed by atoms with Gasteiger partial charge in [-0.15, -0.1) is 11.8 Å². The number of ether oxygens (including phenoxy) is 5. The molecule has 0 bridgehead atoms. The molecule has 1 heterocycles. The largest absolute Gasteiger partial charge is 0.452 e. The summed E-state index contributed by atoms with van der Waals surface area (Å²) in [6, 6.07) is 37.4. The zero-order valence-corrected chi connectivity index (χ0v) is 26.1. The van der Waals surface area contributed by atoms with Gasteiger partial charge in [-0.3, -0.25) is 0 Å². The summed E-state index contributed by atoms with van der Waals surface area (Å²) < 4.78 is 32.4. The Labute approximate surface area is 264 Å². The van der Waals surface area contributed by atoms with E-state index in [9.17, 15) is 4.79 Å². The first-order valence-corrected chi connectivity index (χ1v) is 16.1. The molecule has 1 aliphatic rings. The normalized spacial score (nSPS) is 21.5. The molecule has 0 unspecified atom stereocenters. The van der Waals surface area contributed by atoms with E-state index in [2.05, 4.69) is 6.92 Å². The molecular formula is C37H40O6S. The fraction of sp³-hybridized carbons (Fsp3) is 0.324. The van der Waals surface area contributed by atoms with Crippen molar-refractivity contribution in [2.24, 2.45) is 0 Å². The Morgan fingerprint density at radius 3 is 1.75 bits per heavy atom. The topological polar surface area (TPSA) is 63.2 Å².